The molecule has 0 radical (unpaired) electrons. The summed E-state index contributed by atoms with van der Waals surface area (Å²) in [7, 11) is 2.94. The van der Waals surface area contributed by atoms with Crippen LogP contribution >= 0.6 is 11.9 Å². The minimum atomic E-state index is -4.63. The molecule has 0 saturated carbocycles. The van der Waals surface area contributed by atoms with Crippen molar-refractivity contribution in [3.63, 3.8) is 0 Å². The van der Waals surface area contributed by atoms with Gasteiger partial charge in [-0.15, -0.1) is 0 Å². The Morgan fingerprint density at radius 2 is 1.65 bits per heavy atom. The van der Waals surface area contributed by atoms with Crippen molar-refractivity contribution < 1.29 is 23.1 Å². The van der Waals surface area contributed by atoms with Crippen LogP contribution in [-0.2, 0) is 38.0 Å². The van der Waals surface area contributed by atoms with Crippen molar-refractivity contribution in [1.82, 2.24) is 27.6 Å². The van der Waals surface area contributed by atoms with Gasteiger partial charge in [0.2, 0.25) is 0 Å². The first kappa shape index (κ1) is 35.0. The monoisotopic (exact) mass is 730 g/mol. The molecule has 1 aliphatic rings. The van der Waals surface area contributed by atoms with Crippen molar-refractivity contribution in [1.29, 1.82) is 0 Å². The number of pyridine rings is 1. The maximum absolute atomic E-state index is 14.0. The van der Waals surface area contributed by atoms with E-state index in [0.717, 1.165) is 45.0 Å². The van der Waals surface area contributed by atoms with Gasteiger partial charge in [0.25, 0.3) is 11.1 Å². The highest BCUT2D eigenvalue weighted by Crippen LogP contribution is 2.42. The summed E-state index contributed by atoms with van der Waals surface area (Å²) in [6, 6.07) is 18.4. The maximum atomic E-state index is 14.0. The van der Waals surface area contributed by atoms with E-state index in [9.17, 15) is 37.5 Å². The zero-order valence-corrected chi connectivity index (χ0v) is 28.9. The van der Waals surface area contributed by atoms with Crippen LogP contribution in [-0.4, -0.2) is 51.7 Å². The largest absolute Gasteiger partial charge is 0.480 e. The predicted molar refractivity (Wildman–Crippen MR) is 191 cm³/mol. The molecule has 52 heavy (non-hydrogen) atoms. The third-order valence-electron chi connectivity index (χ3n) is 9.49. The molecule has 3 aromatic heterocycles. The van der Waals surface area contributed by atoms with E-state index in [-0.39, 0.29) is 29.2 Å². The van der Waals surface area contributed by atoms with Crippen LogP contribution in [0.3, 0.4) is 0 Å². The van der Waals surface area contributed by atoms with Crippen LogP contribution in [0.5, 0.6) is 0 Å². The molecule has 4 heterocycles. The Bertz CT molecular complexity index is 2550. The fourth-order valence-electron chi connectivity index (χ4n) is 6.88. The van der Waals surface area contributed by atoms with E-state index in [2.05, 4.69) is 4.98 Å². The smallest absolute Gasteiger partial charge is 0.416 e. The maximum Gasteiger partial charge on any atom is 0.416 e. The lowest BCUT2D eigenvalue weighted by molar-refractivity contribution is -0.141. The number of imidazole rings is 1. The summed E-state index contributed by atoms with van der Waals surface area (Å²) in [4.78, 5) is 55.9. The van der Waals surface area contributed by atoms with Crippen LogP contribution in [0.1, 0.15) is 35.6 Å². The fourth-order valence-corrected chi connectivity index (χ4v) is 8.21. The molecule has 1 unspecified atom stereocenters. The van der Waals surface area contributed by atoms with Crippen LogP contribution in [0.15, 0.2) is 98.5 Å². The number of aryl methyl sites for hydroxylation is 2. The Hall–Kier alpha value is -5.41. The molecule has 0 aliphatic carbocycles. The number of nitrogens with zero attached hydrogens (tertiary/aromatic N) is 6. The Kier molecular flexibility index (Phi) is 9.17. The minimum absolute atomic E-state index is 0.0196. The molecule has 11 nitrogen and oxygen atoms in total. The van der Waals surface area contributed by atoms with E-state index < -0.39 is 40.6 Å². The van der Waals surface area contributed by atoms with E-state index in [1.54, 1.807) is 10.6 Å². The zero-order chi connectivity index (χ0) is 36.9. The highest BCUT2D eigenvalue weighted by atomic mass is 32.2. The summed E-state index contributed by atoms with van der Waals surface area (Å²) in [6.45, 7) is 0.751. The van der Waals surface area contributed by atoms with E-state index in [0.29, 0.717) is 42.6 Å². The van der Waals surface area contributed by atoms with Crippen molar-refractivity contribution in [2.45, 2.75) is 43.1 Å². The van der Waals surface area contributed by atoms with Crippen LogP contribution < -0.4 is 16.8 Å². The van der Waals surface area contributed by atoms with Gasteiger partial charge in [0, 0.05) is 45.4 Å². The number of carbonyl (C=O) groups is 1. The molecular weight excluding hydrogens is 698 g/mol. The second-order valence-electron chi connectivity index (χ2n) is 12.8. The number of carboxylic acid groups (broad SMARTS) is 1. The Labute approximate surface area is 298 Å². The third-order valence-corrected chi connectivity index (χ3v) is 10.7. The number of carboxylic acids is 1. The first-order valence-corrected chi connectivity index (χ1v) is 17.3. The summed E-state index contributed by atoms with van der Waals surface area (Å²) < 4.78 is 49.0. The summed E-state index contributed by atoms with van der Waals surface area (Å²) in [6.07, 6.45) is -1.80. The lowest BCUT2D eigenvalue weighted by Crippen LogP contribution is -2.42. The van der Waals surface area contributed by atoms with Gasteiger partial charge >= 0.3 is 17.8 Å². The van der Waals surface area contributed by atoms with Gasteiger partial charge in [0.1, 0.15) is 11.1 Å². The molecule has 0 fully saturated rings. The number of hydrogen-bond donors (Lipinski definition) is 1. The predicted octanol–water partition coefficient (Wildman–Crippen LogP) is 5.45. The van der Waals surface area contributed by atoms with Crippen molar-refractivity contribution in [3.8, 4) is 11.1 Å². The molecule has 15 heteroatoms. The number of hydrogen-bond acceptors (Lipinski definition) is 7. The van der Waals surface area contributed by atoms with Gasteiger partial charge in [-0.05, 0) is 70.8 Å². The van der Waals surface area contributed by atoms with E-state index >= 15 is 0 Å². The number of benzene rings is 3. The highest BCUT2D eigenvalue weighted by Gasteiger charge is 2.36. The van der Waals surface area contributed by atoms with Gasteiger partial charge in [-0.25, -0.2) is 18.9 Å². The van der Waals surface area contributed by atoms with Crippen LogP contribution in [0.25, 0.3) is 33.1 Å². The first-order valence-electron chi connectivity index (χ1n) is 16.5. The minimum Gasteiger partial charge on any atom is -0.480 e. The molecular formula is C37H33F3N6O5S. The molecule has 0 bridgehead atoms. The van der Waals surface area contributed by atoms with Crippen LogP contribution in [0.2, 0.25) is 0 Å². The van der Waals surface area contributed by atoms with Crippen LogP contribution in [0.4, 0.5) is 13.2 Å². The molecule has 1 N–H and O–H groups in total. The number of fused-ring (bicyclic) bond motifs is 3. The van der Waals surface area contributed by atoms with Gasteiger partial charge < -0.3 is 9.67 Å². The van der Waals surface area contributed by atoms with Gasteiger partial charge in [0.15, 0.2) is 11.2 Å². The zero-order valence-electron chi connectivity index (χ0n) is 28.1. The van der Waals surface area contributed by atoms with E-state index in [1.807, 2.05) is 46.8 Å². The van der Waals surface area contributed by atoms with Gasteiger partial charge in [-0.1, -0.05) is 54.6 Å². The molecule has 6 aromatic rings. The topological polar surface area (TPSA) is 124 Å². The van der Waals surface area contributed by atoms with Crippen molar-refractivity contribution >= 4 is 39.9 Å². The van der Waals surface area contributed by atoms with Gasteiger partial charge in [-0.3, -0.25) is 23.3 Å². The number of alkyl halides is 3. The Morgan fingerprint density at radius 3 is 2.42 bits per heavy atom. The summed E-state index contributed by atoms with van der Waals surface area (Å²) in [5.74, 6) is -1.24. The van der Waals surface area contributed by atoms with Gasteiger partial charge in [0.05, 0.1) is 11.9 Å². The molecule has 0 amide bonds. The quantitative estimate of drug-likeness (QED) is 0.154. The first-order chi connectivity index (χ1) is 24.8. The lowest BCUT2D eigenvalue weighted by atomic mass is 9.93. The summed E-state index contributed by atoms with van der Waals surface area (Å²) in [5.41, 5.74) is 0.133. The van der Waals surface area contributed by atoms with Crippen molar-refractivity contribution in [3.05, 3.63) is 127 Å². The second-order valence-corrected chi connectivity index (χ2v) is 13.9. The Morgan fingerprint density at radius 1 is 0.923 bits per heavy atom. The number of rotatable bonds is 9. The van der Waals surface area contributed by atoms with Crippen LogP contribution in [0, 0.1) is 0 Å². The molecule has 7 rings (SSSR count). The number of halogens is 3. The molecule has 1 aliphatic heterocycles. The lowest BCUT2D eigenvalue weighted by Gasteiger charge is -2.35. The molecule has 0 spiro atoms. The fraction of sp³-hybridized carbons (Fsp3) is 0.270. The summed E-state index contributed by atoms with van der Waals surface area (Å²) >= 11 is 1.16. The molecule has 3 aromatic carbocycles. The average Bonchev–Trinajstić information content (AvgIpc) is 3.55. The Balaban J connectivity index is 1.25. The van der Waals surface area contributed by atoms with Crippen molar-refractivity contribution in [2.24, 2.45) is 14.1 Å². The second kappa shape index (κ2) is 13.6. The number of unbranched alkanes of at least 4 members (excludes halogenated alkanes) is 1. The number of aromatic nitrogens is 5. The normalized spacial score (nSPS) is 15.0. The van der Waals surface area contributed by atoms with Crippen molar-refractivity contribution in [2.75, 3.05) is 13.1 Å². The SMILES string of the molecule is Cn1c(=O)c2c(ncn2CCCCN2CC(C(=O)O)n3c(c(-c4cccc(C(F)(F)F)c4)c(Cc4cccc5ccccc45)cc3=O)S2)n(C)c1=O. The number of aliphatic carboxylic acids is 1. The molecule has 0 saturated heterocycles. The molecule has 268 valence electrons. The standard InChI is InChI=1S/C37H33F3N6O5S/c1-42-32-31(33(48)43(2)36(42)51)44(21-41-32)15-5-6-16-45-20-28(35(49)50)46-29(47)19-25(17-23-11-7-10-22-9-3-4-14-27(22)23)30(34(46)52-45)24-12-8-13-26(18-24)37(38,39)40/h3-4,7-14,18-19,21,28H,5-6,15-17,20H2,1-2H3,(H,49,50). The average molecular weight is 731 g/mol. The highest BCUT2D eigenvalue weighted by molar-refractivity contribution is 7.97. The van der Waals surface area contributed by atoms with E-state index in [4.69, 9.17) is 0 Å². The third kappa shape index (κ3) is 6.34. The summed E-state index contributed by atoms with van der Waals surface area (Å²) in [5, 5.41) is 12.5. The van der Waals surface area contributed by atoms with Gasteiger partial charge in [-0.2, -0.15) is 13.2 Å². The molecule has 1 atom stereocenters. The van der Waals surface area contributed by atoms with E-state index in [1.165, 1.54) is 41.7 Å².